The van der Waals surface area contributed by atoms with Crippen molar-refractivity contribution in [3.8, 4) is 0 Å². The molecular weight excluding hydrogens is 232 g/mol. The topological polar surface area (TPSA) is 66.4 Å². The molecule has 0 aliphatic rings. The number of carbonyl (C=O) groups is 2. The SMILES string of the molecule is CC(=O)N/C(=C/c1ccc(F)c(F)c1)C(=O)O. The predicted molar refractivity (Wildman–Crippen MR) is 55.8 cm³/mol. The summed E-state index contributed by atoms with van der Waals surface area (Å²) in [7, 11) is 0. The standard InChI is InChI=1S/C11H9F2NO3/c1-6(15)14-10(11(16)17)5-7-2-3-8(12)9(13)4-7/h2-5H,1H3,(H,14,15)(H,16,17)/b10-5+. The summed E-state index contributed by atoms with van der Waals surface area (Å²) >= 11 is 0. The summed E-state index contributed by atoms with van der Waals surface area (Å²) in [6, 6.07) is 2.90. The van der Waals surface area contributed by atoms with Crippen molar-refractivity contribution in [1.29, 1.82) is 0 Å². The smallest absolute Gasteiger partial charge is 0.352 e. The molecule has 6 heteroatoms. The van der Waals surface area contributed by atoms with Crippen molar-refractivity contribution in [3.05, 3.63) is 41.1 Å². The molecule has 0 aliphatic carbocycles. The average Bonchev–Trinajstić information content (AvgIpc) is 2.21. The maximum absolute atomic E-state index is 12.9. The van der Waals surface area contributed by atoms with E-state index in [1.54, 1.807) is 0 Å². The van der Waals surface area contributed by atoms with Crippen LogP contribution >= 0.6 is 0 Å². The van der Waals surface area contributed by atoms with Gasteiger partial charge in [-0.25, -0.2) is 13.6 Å². The van der Waals surface area contributed by atoms with Crippen LogP contribution in [0.3, 0.4) is 0 Å². The van der Waals surface area contributed by atoms with Crippen LogP contribution < -0.4 is 5.32 Å². The molecule has 2 N–H and O–H groups in total. The van der Waals surface area contributed by atoms with E-state index in [4.69, 9.17) is 5.11 Å². The van der Waals surface area contributed by atoms with Crippen LogP contribution in [0.4, 0.5) is 8.78 Å². The van der Waals surface area contributed by atoms with E-state index in [-0.39, 0.29) is 5.56 Å². The van der Waals surface area contributed by atoms with Gasteiger partial charge in [-0.15, -0.1) is 0 Å². The van der Waals surface area contributed by atoms with E-state index < -0.39 is 29.2 Å². The summed E-state index contributed by atoms with van der Waals surface area (Å²) in [4.78, 5) is 21.5. The highest BCUT2D eigenvalue weighted by Gasteiger charge is 2.09. The Kier molecular flexibility index (Phi) is 3.92. The second-order valence-electron chi connectivity index (χ2n) is 3.22. The Bertz CT molecular complexity index is 497. The van der Waals surface area contributed by atoms with Gasteiger partial charge in [0, 0.05) is 6.92 Å². The van der Waals surface area contributed by atoms with Gasteiger partial charge in [-0.05, 0) is 23.8 Å². The van der Waals surface area contributed by atoms with E-state index in [0.717, 1.165) is 25.1 Å². The fourth-order valence-corrected chi connectivity index (χ4v) is 1.11. The molecule has 1 rings (SSSR count). The zero-order valence-electron chi connectivity index (χ0n) is 8.83. The Morgan fingerprint density at radius 1 is 1.29 bits per heavy atom. The summed E-state index contributed by atoms with van der Waals surface area (Å²) in [5.74, 6) is -4.06. The van der Waals surface area contributed by atoms with Crippen molar-refractivity contribution in [2.45, 2.75) is 6.92 Å². The molecule has 0 bridgehead atoms. The predicted octanol–water partition coefficient (Wildman–Crippen LogP) is 1.53. The molecule has 0 radical (unpaired) electrons. The fraction of sp³-hybridized carbons (Fsp3) is 0.0909. The van der Waals surface area contributed by atoms with Crippen LogP contribution in [0.25, 0.3) is 6.08 Å². The van der Waals surface area contributed by atoms with Gasteiger partial charge in [-0.2, -0.15) is 0 Å². The van der Waals surface area contributed by atoms with Crippen LogP contribution in [0.5, 0.6) is 0 Å². The largest absolute Gasteiger partial charge is 0.477 e. The van der Waals surface area contributed by atoms with Crippen molar-refractivity contribution < 1.29 is 23.5 Å². The average molecular weight is 241 g/mol. The molecule has 4 nitrogen and oxygen atoms in total. The first-order chi connectivity index (χ1) is 7.90. The van der Waals surface area contributed by atoms with Gasteiger partial charge in [0.1, 0.15) is 5.70 Å². The van der Waals surface area contributed by atoms with Gasteiger partial charge in [-0.1, -0.05) is 6.07 Å². The number of amides is 1. The van der Waals surface area contributed by atoms with E-state index in [1.807, 2.05) is 0 Å². The third-order valence-electron chi connectivity index (χ3n) is 1.80. The first-order valence-corrected chi connectivity index (χ1v) is 4.58. The minimum absolute atomic E-state index is 0.134. The van der Waals surface area contributed by atoms with E-state index in [1.165, 1.54) is 6.07 Å². The Balaban J connectivity index is 3.08. The molecule has 0 aliphatic heterocycles. The molecule has 90 valence electrons. The monoisotopic (exact) mass is 241 g/mol. The quantitative estimate of drug-likeness (QED) is 0.788. The number of carbonyl (C=O) groups excluding carboxylic acids is 1. The summed E-state index contributed by atoms with van der Waals surface area (Å²) in [5.41, 5.74) is -0.279. The Morgan fingerprint density at radius 3 is 2.41 bits per heavy atom. The van der Waals surface area contributed by atoms with E-state index in [9.17, 15) is 18.4 Å². The molecule has 0 saturated carbocycles. The zero-order valence-corrected chi connectivity index (χ0v) is 8.83. The van der Waals surface area contributed by atoms with Crippen LogP contribution in [0.1, 0.15) is 12.5 Å². The Morgan fingerprint density at radius 2 is 1.94 bits per heavy atom. The van der Waals surface area contributed by atoms with Crippen molar-refractivity contribution in [1.82, 2.24) is 5.32 Å². The number of aliphatic carboxylic acids is 1. The van der Waals surface area contributed by atoms with Crippen LogP contribution in [0.15, 0.2) is 23.9 Å². The first kappa shape index (κ1) is 12.8. The second-order valence-corrected chi connectivity index (χ2v) is 3.22. The molecule has 0 aromatic heterocycles. The molecule has 1 amide bonds. The molecule has 0 heterocycles. The molecule has 0 spiro atoms. The third kappa shape index (κ3) is 3.67. The highest BCUT2D eigenvalue weighted by atomic mass is 19.2. The van der Waals surface area contributed by atoms with Gasteiger partial charge in [-0.3, -0.25) is 4.79 Å². The lowest BCUT2D eigenvalue weighted by Crippen LogP contribution is -2.24. The molecule has 0 unspecified atom stereocenters. The lowest BCUT2D eigenvalue weighted by Gasteiger charge is -2.03. The molecule has 17 heavy (non-hydrogen) atoms. The number of nitrogens with one attached hydrogen (secondary N) is 1. The minimum atomic E-state index is -1.37. The second kappa shape index (κ2) is 5.20. The number of hydrogen-bond acceptors (Lipinski definition) is 2. The maximum atomic E-state index is 12.9. The van der Waals surface area contributed by atoms with Crippen LogP contribution in [0, 0.1) is 11.6 Å². The lowest BCUT2D eigenvalue weighted by atomic mass is 10.2. The highest BCUT2D eigenvalue weighted by Crippen LogP contribution is 2.11. The van der Waals surface area contributed by atoms with E-state index in [0.29, 0.717) is 0 Å². The maximum Gasteiger partial charge on any atom is 0.352 e. The summed E-state index contributed by atoms with van der Waals surface area (Å²) < 4.78 is 25.5. The molecular formula is C11H9F2NO3. The number of rotatable bonds is 3. The lowest BCUT2D eigenvalue weighted by molar-refractivity contribution is -0.134. The number of hydrogen-bond donors (Lipinski definition) is 2. The molecule has 0 atom stereocenters. The van der Waals surface area contributed by atoms with Crippen molar-refractivity contribution in [2.75, 3.05) is 0 Å². The van der Waals surface area contributed by atoms with Crippen molar-refractivity contribution in [3.63, 3.8) is 0 Å². The summed E-state index contributed by atoms with van der Waals surface area (Å²) in [6.07, 6.45) is 1.03. The number of carboxylic acids is 1. The van der Waals surface area contributed by atoms with Gasteiger partial charge in [0.2, 0.25) is 5.91 Å². The van der Waals surface area contributed by atoms with Crippen LogP contribution in [0.2, 0.25) is 0 Å². The molecule has 1 aromatic rings. The van der Waals surface area contributed by atoms with Gasteiger partial charge >= 0.3 is 5.97 Å². The van der Waals surface area contributed by atoms with E-state index in [2.05, 4.69) is 5.32 Å². The third-order valence-corrected chi connectivity index (χ3v) is 1.80. The summed E-state index contributed by atoms with van der Waals surface area (Å²) in [5, 5.41) is 10.8. The van der Waals surface area contributed by atoms with Crippen molar-refractivity contribution in [2.24, 2.45) is 0 Å². The van der Waals surface area contributed by atoms with Gasteiger partial charge in [0.25, 0.3) is 0 Å². The summed E-state index contributed by atoms with van der Waals surface area (Å²) in [6.45, 7) is 1.14. The zero-order chi connectivity index (χ0) is 13.0. The van der Waals surface area contributed by atoms with Gasteiger partial charge < -0.3 is 10.4 Å². The molecule has 0 fully saturated rings. The first-order valence-electron chi connectivity index (χ1n) is 4.58. The highest BCUT2D eigenvalue weighted by molar-refractivity contribution is 5.96. The molecule has 1 aromatic carbocycles. The molecule has 0 saturated heterocycles. The normalized spacial score (nSPS) is 11.1. The van der Waals surface area contributed by atoms with Crippen LogP contribution in [-0.4, -0.2) is 17.0 Å². The Hall–Kier alpha value is -2.24. The van der Waals surface area contributed by atoms with Crippen LogP contribution in [-0.2, 0) is 9.59 Å². The van der Waals surface area contributed by atoms with Crippen molar-refractivity contribution >= 4 is 18.0 Å². The fourth-order valence-electron chi connectivity index (χ4n) is 1.11. The van der Waals surface area contributed by atoms with Gasteiger partial charge in [0.05, 0.1) is 0 Å². The number of halogens is 2. The number of carboxylic acid groups (broad SMARTS) is 1. The minimum Gasteiger partial charge on any atom is -0.477 e. The van der Waals surface area contributed by atoms with Gasteiger partial charge in [0.15, 0.2) is 11.6 Å². The van der Waals surface area contributed by atoms with E-state index >= 15 is 0 Å². The number of benzene rings is 1. The Labute approximate surface area is 95.6 Å².